The predicted molar refractivity (Wildman–Crippen MR) is 93.4 cm³/mol. The first-order valence-corrected chi connectivity index (χ1v) is 9.04. The monoisotopic (exact) mass is 346 g/mol. The molecular weight excluding hydrogens is 324 g/mol. The maximum absolute atomic E-state index is 13.1. The van der Waals surface area contributed by atoms with Crippen LogP contribution >= 0.6 is 11.3 Å². The lowest BCUT2D eigenvalue weighted by Crippen LogP contribution is -2.46. The second-order valence-electron chi connectivity index (χ2n) is 6.30. The van der Waals surface area contributed by atoms with Gasteiger partial charge in [0.1, 0.15) is 5.76 Å². The summed E-state index contributed by atoms with van der Waals surface area (Å²) in [6, 6.07) is 5.64. The lowest BCUT2D eigenvalue weighted by molar-refractivity contribution is 0.0555. The molecule has 3 rings (SSSR count). The molecule has 0 radical (unpaired) electrons. The Balaban J connectivity index is 1.82. The van der Waals surface area contributed by atoms with E-state index in [1.165, 1.54) is 18.3 Å². The van der Waals surface area contributed by atoms with Gasteiger partial charge >= 0.3 is 0 Å². The largest absolute Gasteiger partial charge is 0.467 e. The lowest BCUT2D eigenvalue weighted by atomic mass is 10.0. The Kier molecular flexibility index (Phi) is 5.16. The number of hydrogen-bond donors (Lipinski definition) is 0. The van der Waals surface area contributed by atoms with Gasteiger partial charge in [-0.25, -0.2) is 0 Å². The van der Waals surface area contributed by atoms with Gasteiger partial charge in [0, 0.05) is 17.0 Å². The average molecular weight is 346 g/mol. The van der Waals surface area contributed by atoms with Gasteiger partial charge in [-0.15, -0.1) is 11.3 Å². The molecule has 1 amide bonds. The van der Waals surface area contributed by atoms with Crippen LogP contribution in [0.1, 0.15) is 45.6 Å². The highest BCUT2D eigenvalue weighted by atomic mass is 32.1. The van der Waals surface area contributed by atoms with Crippen LogP contribution in [0.15, 0.2) is 34.3 Å². The van der Waals surface area contributed by atoms with Crippen molar-refractivity contribution in [1.82, 2.24) is 9.80 Å². The number of ketones is 1. The third-order valence-corrected chi connectivity index (χ3v) is 5.43. The molecule has 5 nitrogen and oxygen atoms in total. The molecule has 0 unspecified atom stereocenters. The van der Waals surface area contributed by atoms with Crippen molar-refractivity contribution in [3.63, 3.8) is 0 Å². The Bertz CT molecular complexity index is 700. The van der Waals surface area contributed by atoms with E-state index >= 15 is 0 Å². The topological polar surface area (TPSA) is 53.8 Å². The van der Waals surface area contributed by atoms with E-state index in [-0.39, 0.29) is 17.7 Å². The van der Waals surface area contributed by atoms with Crippen molar-refractivity contribution < 1.29 is 14.0 Å². The minimum atomic E-state index is -0.0153. The fourth-order valence-electron chi connectivity index (χ4n) is 3.02. The summed E-state index contributed by atoms with van der Waals surface area (Å²) in [7, 11) is 2.10. The summed E-state index contributed by atoms with van der Waals surface area (Å²) in [6.07, 6.45) is 3.54. The Hall–Kier alpha value is -1.92. The number of carbonyl (C=O) groups excluding carboxylic acids is 2. The van der Waals surface area contributed by atoms with E-state index in [2.05, 4.69) is 11.9 Å². The smallest absolute Gasteiger partial charge is 0.264 e. The van der Waals surface area contributed by atoms with Crippen LogP contribution in [0.4, 0.5) is 0 Å². The number of carbonyl (C=O) groups is 2. The van der Waals surface area contributed by atoms with E-state index in [9.17, 15) is 9.59 Å². The minimum absolute atomic E-state index is 0.0119. The molecule has 3 heterocycles. The van der Waals surface area contributed by atoms with E-state index < -0.39 is 0 Å². The zero-order valence-electron chi connectivity index (χ0n) is 14.0. The summed E-state index contributed by atoms with van der Waals surface area (Å²) in [5, 5.41) is 1.76. The second kappa shape index (κ2) is 7.32. The molecule has 0 atom stereocenters. The van der Waals surface area contributed by atoms with Gasteiger partial charge in [-0.2, -0.15) is 0 Å². The van der Waals surface area contributed by atoms with Gasteiger partial charge < -0.3 is 14.2 Å². The van der Waals surface area contributed by atoms with Crippen LogP contribution in [0.25, 0.3) is 0 Å². The van der Waals surface area contributed by atoms with Crippen LogP contribution < -0.4 is 0 Å². The Morgan fingerprint density at radius 1 is 1.38 bits per heavy atom. The summed E-state index contributed by atoms with van der Waals surface area (Å²) < 4.78 is 5.45. The Labute approximate surface area is 145 Å². The minimum Gasteiger partial charge on any atom is -0.467 e. The molecule has 2 aromatic heterocycles. The summed E-state index contributed by atoms with van der Waals surface area (Å²) in [6.45, 7) is 3.95. The van der Waals surface area contributed by atoms with E-state index in [1.807, 2.05) is 17.0 Å². The van der Waals surface area contributed by atoms with Gasteiger partial charge in [0.25, 0.3) is 5.91 Å². The van der Waals surface area contributed by atoms with Crippen LogP contribution in [-0.2, 0) is 6.54 Å². The number of rotatable bonds is 5. The molecule has 24 heavy (non-hydrogen) atoms. The standard InChI is InChI=1S/C18H22N2O3S/c1-13(21)14-10-17(24-12-14)18(22)20(11-16-4-3-9-23-16)15-5-7-19(2)8-6-15/h3-4,9-10,12,15H,5-8,11H2,1-2H3. The molecule has 0 spiro atoms. The molecule has 1 aliphatic heterocycles. The van der Waals surface area contributed by atoms with Crippen molar-refractivity contribution in [3.05, 3.63) is 46.0 Å². The molecule has 1 fully saturated rings. The number of nitrogens with zero attached hydrogens (tertiary/aromatic N) is 2. The summed E-state index contributed by atoms with van der Waals surface area (Å²) >= 11 is 1.34. The van der Waals surface area contributed by atoms with Crippen molar-refractivity contribution in [2.24, 2.45) is 0 Å². The van der Waals surface area contributed by atoms with Gasteiger partial charge in [-0.1, -0.05) is 0 Å². The van der Waals surface area contributed by atoms with Crippen molar-refractivity contribution in [1.29, 1.82) is 0 Å². The average Bonchev–Trinajstić information content (AvgIpc) is 3.24. The van der Waals surface area contributed by atoms with Gasteiger partial charge in [-0.3, -0.25) is 9.59 Å². The van der Waals surface area contributed by atoms with Crippen molar-refractivity contribution in [2.75, 3.05) is 20.1 Å². The van der Waals surface area contributed by atoms with Crippen molar-refractivity contribution in [2.45, 2.75) is 32.4 Å². The van der Waals surface area contributed by atoms with Gasteiger partial charge in [0.2, 0.25) is 0 Å². The molecule has 0 bridgehead atoms. The van der Waals surface area contributed by atoms with Crippen LogP contribution in [0.2, 0.25) is 0 Å². The maximum Gasteiger partial charge on any atom is 0.264 e. The van der Waals surface area contributed by atoms with Crippen LogP contribution in [0.5, 0.6) is 0 Å². The number of likely N-dealkylation sites (tertiary alicyclic amines) is 1. The van der Waals surface area contributed by atoms with Crippen LogP contribution in [-0.4, -0.2) is 47.7 Å². The lowest BCUT2D eigenvalue weighted by Gasteiger charge is -2.36. The predicted octanol–water partition coefficient (Wildman–Crippen LogP) is 3.28. The highest BCUT2D eigenvalue weighted by molar-refractivity contribution is 7.12. The van der Waals surface area contributed by atoms with E-state index in [1.54, 1.807) is 17.7 Å². The molecule has 1 saturated heterocycles. The third kappa shape index (κ3) is 3.76. The molecule has 2 aromatic rings. The normalized spacial score (nSPS) is 16.2. The molecule has 0 saturated carbocycles. The zero-order valence-corrected chi connectivity index (χ0v) is 14.8. The molecule has 0 N–H and O–H groups in total. The molecule has 0 aromatic carbocycles. The van der Waals surface area contributed by atoms with Crippen LogP contribution in [0, 0.1) is 0 Å². The highest BCUT2D eigenvalue weighted by Gasteiger charge is 2.29. The number of Topliss-reactive ketones (excluding diaryl/α,β-unsaturated/α-hetero) is 1. The Morgan fingerprint density at radius 3 is 2.71 bits per heavy atom. The number of furan rings is 1. The van der Waals surface area contributed by atoms with Crippen molar-refractivity contribution >= 4 is 23.0 Å². The molecule has 0 aliphatic carbocycles. The van der Waals surface area contributed by atoms with E-state index in [4.69, 9.17) is 4.42 Å². The molecule has 1 aliphatic rings. The molecular formula is C18H22N2O3S. The molecule has 128 valence electrons. The van der Waals surface area contributed by atoms with E-state index in [0.29, 0.717) is 17.0 Å². The first-order chi connectivity index (χ1) is 11.5. The van der Waals surface area contributed by atoms with Gasteiger partial charge in [0.15, 0.2) is 5.78 Å². The fourth-order valence-corrected chi connectivity index (χ4v) is 3.92. The summed E-state index contributed by atoms with van der Waals surface area (Å²) in [5.41, 5.74) is 0.602. The fraction of sp³-hybridized carbons (Fsp3) is 0.444. The van der Waals surface area contributed by atoms with Gasteiger partial charge in [-0.05, 0) is 58.1 Å². The van der Waals surface area contributed by atoms with Gasteiger partial charge in [0.05, 0.1) is 17.7 Å². The number of piperidine rings is 1. The van der Waals surface area contributed by atoms with Crippen LogP contribution in [0.3, 0.4) is 0 Å². The molecule has 6 heteroatoms. The van der Waals surface area contributed by atoms with Crippen molar-refractivity contribution in [3.8, 4) is 0 Å². The highest BCUT2D eigenvalue weighted by Crippen LogP contribution is 2.24. The quantitative estimate of drug-likeness (QED) is 0.780. The number of thiophene rings is 1. The first kappa shape index (κ1) is 16.9. The number of amides is 1. The Morgan fingerprint density at radius 2 is 2.12 bits per heavy atom. The number of hydrogen-bond acceptors (Lipinski definition) is 5. The third-order valence-electron chi connectivity index (χ3n) is 4.51. The second-order valence-corrected chi connectivity index (χ2v) is 7.21. The summed E-state index contributed by atoms with van der Waals surface area (Å²) in [4.78, 5) is 29.4. The zero-order chi connectivity index (χ0) is 17.1. The first-order valence-electron chi connectivity index (χ1n) is 8.16. The van der Waals surface area contributed by atoms with E-state index in [0.717, 1.165) is 31.7 Å². The SMILES string of the molecule is CC(=O)c1csc(C(=O)N(Cc2ccco2)C2CCN(C)CC2)c1. The summed E-state index contributed by atoms with van der Waals surface area (Å²) in [5.74, 6) is 0.756. The maximum atomic E-state index is 13.1.